The first kappa shape index (κ1) is 8.61. The Bertz CT molecular complexity index is 157. The van der Waals surface area contributed by atoms with Crippen LogP contribution >= 0.6 is 0 Å². The SMILES string of the molecule is O=C1C(O)COC(CO)[C@H]1O. The van der Waals surface area contributed by atoms with E-state index in [-0.39, 0.29) is 6.61 Å². The zero-order valence-electron chi connectivity index (χ0n) is 5.80. The van der Waals surface area contributed by atoms with Gasteiger partial charge >= 0.3 is 0 Å². The third-order valence-electron chi connectivity index (χ3n) is 1.62. The molecular weight excluding hydrogens is 152 g/mol. The molecule has 11 heavy (non-hydrogen) atoms. The normalized spacial score (nSPS) is 39.2. The molecule has 2 unspecified atom stereocenters. The van der Waals surface area contributed by atoms with Crippen LogP contribution in [-0.2, 0) is 9.53 Å². The van der Waals surface area contributed by atoms with Crippen molar-refractivity contribution in [3.05, 3.63) is 0 Å². The Hall–Kier alpha value is -0.490. The highest BCUT2D eigenvalue weighted by Crippen LogP contribution is 2.10. The lowest BCUT2D eigenvalue weighted by atomic mass is 10.0. The molecule has 0 aliphatic carbocycles. The van der Waals surface area contributed by atoms with Crippen LogP contribution < -0.4 is 0 Å². The number of carbonyl (C=O) groups excluding carboxylic acids is 1. The zero-order chi connectivity index (χ0) is 8.43. The third kappa shape index (κ3) is 1.57. The van der Waals surface area contributed by atoms with Gasteiger partial charge in [-0.25, -0.2) is 0 Å². The number of rotatable bonds is 1. The Labute approximate surface area is 63.2 Å². The summed E-state index contributed by atoms with van der Waals surface area (Å²) in [6, 6.07) is 0. The number of Topliss-reactive ketones (excluding diaryl/α,β-unsaturated/α-hetero) is 1. The summed E-state index contributed by atoms with van der Waals surface area (Å²) in [4.78, 5) is 10.8. The zero-order valence-corrected chi connectivity index (χ0v) is 5.80. The van der Waals surface area contributed by atoms with Crippen molar-refractivity contribution in [1.82, 2.24) is 0 Å². The van der Waals surface area contributed by atoms with E-state index in [1.807, 2.05) is 0 Å². The van der Waals surface area contributed by atoms with Crippen LogP contribution in [0.5, 0.6) is 0 Å². The molecule has 0 spiro atoms. The lowest BCUT2D eigenvalue weighted by molar-refractivity contribution is -0.168. The first-order valence-corrected chi connectivity index (χ1v) is 3.29. The highest BCUT2D eigenvalue weighted by Gasteiger charge is 2.36. The quantitative estimate of drug-likeness (QED) is 0.402. The number of aliphatic hydroxyl groups is 3. The largest absolute Gasteiger partial charge is 0.394 e. The molecular formula is C6H10O5. The average Bonchev–Trinajstić information content (AvgIpc) is 2.01. The van der Waals surface area contributed by atoms with E-state index in [0.29, 0.717) is 0 Å². The Morgan fingerprint density at radius 1 is 1.55 bits per heavy atom. The fourth-order valence-corrected chi connectivity index (χ4v) is 0.921. The van der Waals surface area contributed by atoms with Gasteiger partial charge in [-0.15, -0.1) is 0 Å². The van der Waals surface area contributed by atoms with Crippen LogP contribution in [0.15, 0.2) is 0 Å². The van der Waals surface area contributed by atoms with Crippen molar-refractivity contribution < 1.29 is 24.9 Å². The molecule has 0 amide bonds. The van der Waals surface area contributed by atoms with E-state index in [4.69, 9.17) is 20.1 Å². The van der Waals surface area contributed by atoms with E-state index in [1.54, 1.807) is 0 Å². The summed E-state index contributed by atoms with van der Waals surface area (Å²) in [6.45, 7) is -0.569. The monoisotopic (exact) mass is 162 g/mol. The Morgan fingerprint density at radius 2 is 2.18 bits per heavy atom. The van der Waals surface area contributed by atoms with Crippen molar-refractivity contribution in [1.29, 1.82) is 0 Å². The second kappa shape index (κ2) is 3.27. The molecule has 0 aromatic rings. The molecule has 3 N–H and O–H groups in total. The molecule has 0 radical (unpaired) electrons. The molecule has 0 bridgehead atoms. The molecule has 0 aromatic heterocycles. The van der Waals surface area contributed by atoms with Crippen molar-refractivity contribution >= 4 is 5.78 Å². The number of hydrogen-bond acceptors (Lipinski definition) is 5. The minimum absolute atomic E-state index is 0.152. The predicted octanol–water partition coefficient (Wildman–Crippen LogP) is -2.33. The third-order valence-corrected chi connectivity index (χ3v) is 1.62. The van der Waals surface area contributed by atoms with Crippen LogP contribution in [0.4, 0.5) is 0 Å². The summed E-state index contributed by atoms with van der Waals surface area (Å²) < 4.78 is 4.75. The van der Waals surface area contributed by atoms with Crippen LogP contribution in [-0.4, -0.2) is 52.6 Å². The molecule has 3 atom stereocenters. The lowest BCUT2D eigenvalue weighted by Crippen LogP contribution is -2.51. The van der Waals surface area contributed by atoms with Crippen molar-refractivity contribution in [2.24, 2.45) is 0 Å². The molecule has 5 nitrogen and oxygen atoms in total. The van der Waals surface area contributed by atoms with Crippen LogP contribution in [0, 0.1) is 0 Å². The first-order valence-electron chi connectivity index (χ1n) is 3.29. The summed E-state index contributed by atoms with van der Waals surface area (Å²) in [7, 11) is 0. The van der Waals surface area contributed by atoms with Gasteiger partial charge in [0.15, 0.2) is 5.78 Å². The van der Waals surface area contributed by atoms with Crippen LogP contribution in [0.3, 0.4) is 0 Å². The Balaban J connectivity index is 2.59. The van der Waals surface area contributed by atoms with Gasteiger partial charge in [0.1, 0.15) is 18.3 Å². The van der Waals surface area contributed by atoms with E-state index in [0.717, 1.165) is 0 Å². The van der Waals surface area contributed by atoms with Crippen molar-refractivity contribution in [3.8, 4) is 0 Å². The molecule has 0 aromatic carbocycles. The number of carbonyl (C=O) groups is 1. The van der Waals surface area contributed by atoms with Crippen molar-refractivity contribution in [2.45, 2.75) is 18.3 Å². The number of aliphatic hydroxyl groups excluding tert-OH is 3. The van der Waals surface area contributed by atoms with Gasteiger partial charge < -0.3 is 20.1 Å². The average molecular weight is 162 g/mol. The molecule has 1 saturated heterocycles. The van der Waals surface area contributed by atoms with Gasteiger partial charge in [-0.2, -0.15) is 0 Å². The molecule has 1 heterocycles. The maximum absolute atomic E-state index is 10.8. The number of ketones is 1. The van der Waals surface area contributed by atoms with Crippen LogP contribution in [0.2, 0.25) is 0 Å². The van der Waals surface area contributed by atoms with Crippen molar-refractivity contribution in [2.75, 3.05) is 13.2 Å². The lowest BCUT2D eigenvalue weighted by Gasteiger charge is -2.28. The minimum Gasteiger partial charge on any atom is -0.394 e. The van der Waals surface area contributed by atoms with Crippen LogP contribution in [0.25, 0.3) is 0 Å². The van der Waals surface area contributed by atoms with Gasteiger partial charge in [-0.05, 0) is 0 Å². The highest BCUT2D eigenvalue weighted by molar-refractivity contribution is 5.88. The molecule has 1 rings (SSSR count). The maximum atomic E-state index is 10.8. The van der Waals surface area contributed by atoms with E-state index >= 15 is 0 Å². The standard InChI is InChI=1S/C6H10O5/c7-1-4-6(10)5(9)3(8)2-11-4/h3-4,6-8,10H,1-2H2/t3?,4?,6-/m1/s1. The predicted molar refractivity (Wildman–Crippen MR) is 33.8 cm³/mol. The van der Waals surface area contributed by atoms with Gasteiger partial charge in [-0.1, -0.05) is 0 Å². The molecule has 1 aliphatic heterocycles. The number of ether oxygens (including phenoxy) is 1. The topological polar surface area (TPSA) is 87.0 Å². The molecule has 1 aliphatic rings. The van der Waals surface area contributed by atoms with Gasteiger partial charge in [-0.3, -0.25) is 4.79 Å². The summed E-state index contributed by atoms with van der Waals surface area (Å²) in [5.74, 6) is -0.685. The Morgan fingerprint density at radius 3 is 2.73 bits per heavy atom. The second-order valence-electron chi connectivity index (χ2n) is 2.42. The van der Waals surface area contributed by atoms with E-state index < -0.39 is 30.7 Å². The maximum Gasteiger partial charge on any atom is 0.194 e. The van der Waals surface area contributed by atoms with Gasteiger partial charge in [0, 0.05) is 0 Å². The highest BCUT2D eigenvalue weighted by atomic mass is 16.5. The van der Waals surface area contributed by atoms with Crippen molar-refractivity contribution in [3.63, 3.8) is 0 Å². The number of hydrogen-bond donors (Lipinski definition) is 3. The molecule has 5 heteroatoms. The minimum atomic E-state index is -1.40. The summed E-state index contributed by atoms with van der Waals surface area (Å²) >= 11 is 0. The summed E-state index contributed by atoms with van der Waals surface area (Å²) in [5.41, 5.74) is 0. The molecule has 0 saturated carbocycles. The van der Waals surface area contributed by atoms with Gasteiger partial charge in [0.2, 0.25) is 0 Å². The van der Waals surface area contributed by atoms with Crippen LogP contribution in [0.1, 0.15) is 0 Å². The fraction of sp³-hybridized carbons (Fsp3) is 0.833. The second-order valence-corrected chi connectivity index (χ2v) is 2.42. The van der Waals surface area contributed by atoms with Gasteiger partial charge in [0.05, 0.1) is 13.2 Å². The fourth-order valence-electron chi connectivity index (χ4n) is 0.921. The van der Waals surface area contributed by atoms with E-state index in [9.17, 15) is 4.79 Å². The van der Waals surface area contributed by atoms with Gasteiger partial charge in [0.25, 0.3) is 0 Å². The molecule has 1 fully saturated rings. The van der Waals surface area contributed by atoms with E-state index in [1.165, 1.54) is 0 Å². The summed E-state index contributed by atoms with van der Waals surface area (Å²) in [6.07, 6.45) is -3.54. The molecule has 64 valence electrons. The van der Waals surface area contributed by atoms with E-state index in [2.05, 4.69) is 0 Å². The smallest absolute Gasteiger partial charge is 0.194 e. The first-order chi connectivity index (χ1) is 5.16. The summed E-state index contributed by atoms with van der Waals surface area (Å²) in [5, 5.41) is 26.4. The Kier molecular flexibility index (Phi) is 2.56.